The minimum Gasteiger partial charge on any atom is -0.312 e. The van der Waals surface area contributed by atoms with Gasteiger partial charge >= 0.3 is 0 Å². The summed E-state index contributed by atoms with van der Waals surface area (Å²) in [5.74, 6) is 0. The zero-order chi connectivity index (χ0) is 14.6. The molecule has 0 aliphatic carbocycles. The number of hydrogen-bond acceptors (Lipinski definition) is 4. The molecule has 1 aromatic heterocycles. The zero-order valence-corrected chi connectivity index (χ0v) is 12.1. The van der Waals surface area contributed by atoms with Crippen LogP contribution in [0.15, 0.2) is 41.6 Å². The summed E-state index contributed by atoms with van der Waals surface area (Å²) in [6, 6.07) is 6.63. The lowest BCUT2D eigenvalue weighted by Crippen LogP contribution is -2.16. The summed E-state index contributed by atoms with van der Waals surface area (Å²) in [4.78, 5) is 0.143. The first-order valence-electron chi connectivity index (χ1n) is 6.25. The molecule has 0 saturated heterocycles. The van der Waals surface area contributed by atoms with Gasteiger partial charge in [-0.2, -0.15) is 5.10 Å². The number of benzene rings is 1. The van der Waals surface area contributed by atoms with Crippen LogP contribution in [0.2, 0.25) is 0 Å². The monoisotopic (exact) mass is 294 g/mol. The Hall–Kier alpha value is -1.70. The normalized spacial score (nSPS) is 11.7. The van der Waals surface area contributed by atoms with E-state index in [1.54, 1.807) is 16.8 Å². The number of nitrogens with two attached hydrogens (primary N) is 1. The summed E-state index contributed by atoms with van der Waals surface area (Å²) >= 11 is 0. The Morgan fingerprint density at radius 1 is 1.25 bits per heavy atom. The second kappa shape index (κ2) is 6.17. The number of sulfonamides is 1. The van der Waals surface area contributed by atoms with Crippen LogP contribution in [0.1, 0.15) is 11.1 Å². The molecular weight excluding hydrogens is 276 g/mol. The summed E-state index contributed by atoms with van der Waals surface area (Å²) < 4.78 is 24.0. The molecule has 6 nitrogen and oxygen atoms in total. The zero-order valence-electron chi connectivity index (χ0n) is 11.3. The molecule has 2 aromatic rings. The van der Waals surface area contributed by atoms with Gasteiger partial charge in [0.05, 0.1) is 11.1 Å². The molecular formula is C13H18N4O2S. The van der Waals surface area contributed by atoms with Gasteiger partial charge in [0.15, 0.2) is 0 Å². The van der Waals surface area contributed by atoms with Crippen LogP contribution < -0.4 is 10.5 Å². The van der Waals surface area contributed by atoms with Crippen LogP contribution in [-0.2, 0) is 30.0 Å². The quantitative estimate of drug-likeness (QED) is 0.755. The van der Waals surface area contributed by atoms with Crippen molar-refractivity contribution >= 4 is 10.0 Å². The first-order valence-corrected chi connectivity index (χ1v) is 7.80. The highest BCUT2D eigenvalue weighted by molar-refractivity contribution is 7.89. The fraction of sp³-hybridized carbons (Fsp3) is 0.308. The fourth-order valence-electron chi connectivity index (χ4n) is 1.87. The van der Waals surface area contributed by atoms with Crippen LogP contribution in [0.25, 0.3) is 0 Å². The minimum absolute atomic E-state index is 0.143. The van der Waals surface area contributed by atoms with E-state index >= 15 is 0 Å². The van der Waals surface area contributed by atoms with Gasteiger partial charge in [-0.05, 0) is 30.7 Å². The molecule has 1 heterocycles. The van der Waals surface area contributed by atoms with E-state index in [-0.39, 0.29) is 4.90 Å². The Kier molecular flexibility index (Phi) is 4.53. The predicted octanol–water partition coefficient (Wildman–Crippen LogP) is 0.400. The Balaban J connectivity index is 1.80. The number of nitrogens with one attached hydrogen (secondary N) is 1. The third kappa shape index (κ3) is 4.16. The second-order valence-corrected chi connectivity index (χ2v) is 6.20. The van der Waals surface area contributed by atoms with Crippen molar-refractivity contribution in [1.29, 1.82) is 0 Å². The molecule has 1 aromatic carbocycles. The van der Waals surface area contributed by atoms with Crippen LogP contribution in [0.3, 0.4) is 0 Å². The molecule has 108 valence electrons. The molecule has 0 atom stereocenters. The maximum absolute atomic E-state index is 11.1. The molecule has 0 fully saturated rings. The molecule has 0 amide bonds. The third-order valence-corrected chi connectivity index (χ3v) is 3.86. The summed E-state index contributed by atoms with van der Waals surface area (Å²) in [5, 5.41) is 12.5. The van der Waals surface area contributed by atoms with Crippen molar-refractivity contribution in [3.05, 3.63) is 47.8 Å². The molecule has 0 spiro atoms. The maximum Gasteiger partial charge on any atom is 0.238 e. The van der Waals surface area contributed by atoms with E-state index in [1.165, 1.54) is 12.1 Å². The van der Waals surface area contributed by atoms with Gasteiger partial charge < -0.3 is 5.32 Å². The van der Waals surface area contributed by atoms with Crippen LogP contribution in [-0.4, -0.2) is 24.7 Å². The third-order valence-electron chi connectivity index (χ3n) is 2.93. The minimum atomic E-state index is -3.60. The first kappa shape index (κ1) is 14.7. The lowest BCUT2D eigenvalue weighted by molar-refractivity contribution is 0.597. The van der Waals surface area contributed by atoms with Crippen molar-refractivity contribution < 1.29 is 8.42 Å². The Bertz CT molecular complexity index is 662. The average molecular weight is 294 g/mol. The van der Waals surface area contributed by atoms with Crippen LogP contribution in [0.4, 0.5) is 0 Å². The van der Waals surface area contributed by atoms with Gasteiger partial charge in [0, 0.05) is 25.4 Å². The molecule has 2 rings (SSSR count). The van der Waals surface area contributed by atoms with Crippen LogP contribution >= 0.6 is 0 Å². The lowest BCUT2D eigenvalue weighted by Gasteiger charge is -2.04. The topological polar surface area (TPSA) is 90.0 Å². The molecule has 0 unspecified atom stereocenters. The number of hydrogen-bond donors (Lipinski definition) is 2. The van der Waals surface area contributed by atoms with E-state index in [0.29, 0.717) is 0 Å². The highest BCUT2D eigenvalue weighted by Gasteiger charge is 2.06. The van der Waals surface area contributed by atoms with Crippen molar-refractivity contribution in [3.8, 4) is 0 Å². The summed E-state index contributed by atoms with van der Waals surface area (Å²) in [6.45, 7) is 1.58. The molecule has 7 heteroatoms. The maximum atomic E-state index is 11.1. The van der Waals surface area contributed by atoms with Gasteiger partial charge in [-0.3, -0.25) is 4.68 Å². The van der Waals surface area contributed by atoms with Gasteiger partial charge in [0.1, 0.15) is 0 Å². The smallest absolute Gasteiger partial charge is 0.238 e. The van der Waals surface area contributed by atoms with E-state index in [1.807, 2.05) is 19.4 Å². The highest BCUT2D eigenvalue weighted by Crippen LogP contribution is 2.09. The number of rotatable bonds is 6. The van der Waals surface area contributed by atoms with E-state index in [2.05, 4.69) is 10.4 Å². The van der Waals surface area contributed by atoms with Gasteiger partial charge in [-0.25, -0.2) is 13.6 Å². The molecule has 0 aliphatic heterocycles. The van der Waals surface area contributed by atoms with Gasteiger partial charge in [0.25, 0.3) is 0 Å². The molecule has 0 radical (unpaired) electrons. The molecule has 0 aliphatic rings. The summed E-state index contributed by atoms with van der Waals surface area (Å²) in [7, 11) is -1.72. The van der Waals surface area contributed by atoms with E-state index in [0.717, 1.165) is 30.6 Å². The van der Waals surface area contributed by atoms with E-state index in [9.17, 15) is 8.42 Å². The van der Waals surface area contributed by atoms with E-state index < -0.39 is 10.0 Å². The Morgan fingerprint density at radius 2 is 1.95 bits per heavy atom. The van der Waals surface area contributed by atoms with Crippen molar-refractivity contribution in [1.82, 2.24) is 15.1 Å². The van der Waals surface area contributed by atoms with Crippen LogP contribution in [0.5, 0.6) is 0 Å². The lowest BCUT2D eigenvalue weighted by atomic mass is 10.1. The summed E-state index contributed by atoms with van der Waals surface area (Å²) in [5.41, 5.74) is 2.20. The Morgan fingerprint density at radius 3 is 2.50 bits per heavy atom. The predicted molar refractivity (Wildman–Crippen MR) is 76.4 cm³/mol. The highest BCUT2D eigenvalue weighted by atomic mass is 32.2. The fourth-order valence-corrected chi connectivity index (χ4v) is 2.39. The van der Waals surface area contributed by atoms with Crippen molar-refractivity contribution in [2.45, 2.75) is 17.9 Å². The average Bonchev–Trinajstić information content (AvgIpc) is 2.80. The van der Waals surface area contributed by atoms with Crippen molar-refractivity contribution in [2.24, 2.45) is 12.2 Å². The van der Waals surface area contributed by atoms with Crippen molar-refractivity contribution in [3.63, 3.8) is 0 Å². The molecule has 0 saturated carbocycles. The number of primary sulfonamides is 1. The van der Waals surface area contributed by atoms with E-state index in [4.69, 9.17) is 5.14 Å². The number of aromatic nitrogens is 2. The first-order chi connectivity index (χ1) is 9.45. The van der Waals surface area contributed by atoms with Crippen LogP contribution in [0, 0.1) is 0 Å². The largest absolute Gasteiger partial charge is 0.312 e. The number of aryl methyl sites for hydroxylation is 1. The molecule has 3 N–H and O–H groups in total. The van der Waals surface area contributed by atoms with Gasteiger partial charge in [-0.15, -0.1) is 0 Å². The van der Waals surface area contributed by atoms with Gasteiger partial charge in [0.2, 0.25) is 10.0 Å². The number of nitrogens with zero attached hydrogens (tertiary/aromatic N) is 2. The standard InChI is InChI=1S/C13H18N4O2S/c1-17-10-12(9-16-17)8-15-7-6-11-2-4-13(5-3-11)20(14,18)19/h2-5,9-10,15H,6-8H2,1H3,(H2,14,18,19). The second-order valence-electron chi connectivity index (χ2n) is 4.64. The SMILES string of the molecule is Cn1cc(CNCCc2ccc(S(N)(=O)=O)cc2)cn1. The molecule has 0 bridgehead atoms. The van der Waals surface area contributed by atoms with Crippen molar-refractivity contribution in [2.75, 3.05) is 6.54 Å². The van der Waals surface area contributed by atoms with Gasteiger partial charge in [-0.1, -0.05) is 12.1 Å². The molecule has 20 heavy (non-hydrogen) atoms. The Labute approximate surface area is 118 Å². The summed E-state index contributed by atoms with van der Waals surface area (Å²) in [6.07, 6.45) is 4.62.